The average molecular weight is 374 g/mol. The van der Waals surface area contributed by atoms with Crippen molar-refractivity contribution in [3.05, 3.63) is 59.7 Å². The van der Waals surface area contributed by atoms with Gasteiger partial charge in [-0.15, -0.1) is 0 Å². The first kappa shape index (κ1) is 18.5. The molecule has 144 valence electrons. The van der Waals surface area contributed by atoms with E-state index in [1.165, 1.54) is 5.56 Å². The van der Waals surface area contributed by atoms with Crippen LogP contribution in [-0.4, -0.2) is 50.1 Å². The van der Waals surface area contributed by atoms with Crippen LogP contribution < -0.4 is 9.80 Å². The topological polar surface area (TPSA) is 50.6 Å². The van der Waals surface area contributed by atoms with E-state index >= 15 is 0 Å². The van der Waals surface area contributed by atoms with Crippen molar-refractivity contribution in [3.8, 4) is 6.07 Å². The number of hydrogen-bond donors (Lipinski definition) is 0. The molecule has 2 aromatic rings. The summed E-state index contributed by atoms with van der Waals surface area (Å²) >= 11 is 0. The van der Waals surface area contributed by atoms with Gasteiger partial charge in [-0.25, -0.2) is 0 Å². The van der Waals surface area contributed by atoms with Crippen molar-refractivity contribution < 1.29 is 4.79 Å². The lowest BCUT2D eigenvalue weighted by Crippen LogP contribution is -2.43. The Hall–Kier alpha value is -2.84. The predicted octanol–water partition coefficient (Wildman–Crippen LogP) is 3.05. The molecule has 0 saturated carbocycles. The molecular formula is C23H26N4O. The minimum atomic E-state index is 0.193. The number of nitrogens with zero attached hydrogens (tertiary/aromatic N) is 4. The van der Waals surface area contributed by atoms with Gasteiger partial charge in [0, 0.05) is 38.4 Å². The van der Waals surface area contributed by atoms with Crippen molar-refractivity contribution in [3.63, 3.8) is 0 Å². The highest BCUT2D eigenvalue weighted by Crippen LogP contribution is 2.27. The van der Waals surface area contributed by atoms with Crippen molar-refractivity contribution in [1.29, 1.82) is 5.26 Å². The third-order valence-electron chi connectivity index (χ3n) is 5.72. The normalized spacial score (nSPS) is 17.5. The van der Waals surface area contributed by atoms with Gasteiger partial charge in [-0.3, -0.25) is 9.69 Å². The van der Waals surface area contributed by atoms with E-state index in [0.29, 0.717) is 6.54 Å². The van der Waals surface area contributed by atoms with Crippen LogP contribution in [0.25, 0.3) is 0 Å². The zero-order valence-corrected chi connectivity index (χ0v) is 16.2. The summed E-state index contributed by atoms with van der Waals surface area (Å²) in [6.07, 6.45) is 3.07. The molecule has 0 spiro atoms. The molecular weight excluding hydrogens is 348 g/mol. The number of carbonyl (C=O) groups is 1. The van der Waals surface area contributed by atoms with Gasteiger partial charge < -0.3 is 9.80 Å². The van der Waals surface area contributed by atoms with Crippen LogP contribution in [0.1, 0.15) is 24.0 Å². The van der Waals surface area contributed by atoms with Crippen LogP contribution in [0.15, 0.2) is 48.5 Å². The van der Waals surface area contributed by atoms with Gasteiger partial charge >= 0.3 is 0 Å². The lowest BCUT2D eigenvalue weighted by atomic mass is 10.0. The van der Waals surface area contributed by atoms with Crippen LogP contribution in [0.4, 0.5) is 11.4 Å². The Morgan fingerprint density at radius 2 is 1.68 bits per heavy atom. The third-order valence-corrected chi connectivity index (χ3v) is 5.72. The maximum Gasteiger partial charge on any atom is 0.241 e. The molecule has 1 amide bonds. The van der Waals surface area contributed by atoms with Gasteiger partial charge in [0.05, 0.1) is 17.8 Å². The zero-order valence-electron chi connectivity index (χ0n) is 16.2. The molecule has 0 aliphatic carbocycles. The van der Waals surface area contributed by atoms with Gasteiger partial charge in [-0.2, -0.15) is 5.26 Å². The average Bonchev–Trinajstić information content (AvgIpc) is 2.98. The van der Waals surface area contributed by atoms with Crippen molar-refractivity contribution in [1.82, 2.24) is 4.90 Å². The Morgan fingerprint density at radius 3 is 2.54 bits per heavy atom. The Labute approximate surface area is 166 Å². The largest absolute Gasteiger partial charge is 0.369 e. The number of carbonyl (C=O) groups excluding carboxylic acids is 1. The molecule has 5 heteroatoms. The molecule has 2 aliphatic rings. The van der Waals surface area contributed by atoms with Crippen LogP contribution in [0.3, 0.4) is 0 Å². The van der Waals surface area contributed by atoms with Crippen molar-refractivity contribution >= 4 is 17.3 Å². The molecule has 5 nitrogen and oxygen atoms in total. The van der Waals surface area contributed by atoms with Gasteiger partial charge in [-0.1, -0.05) is 30.3 Å². The number of fused-ring (bicyclic) bond motifs is 1. The number of amides is 1. The Morgan fingerprint density at radius 1 is 0.893 bits per heavy atom. The lowest BCUT2D eigenvalue weighted by Gasteiger charge is -2.31. The van der Waals surface area contributed by atoms with Crippen LogP contribution in [0, 0.1) is 11.3 Å². The van der Waals surface area contributed by atoms with Gasteiger partial charge in [0.25, 0.3) is 0 Å². The molecule has 0 radical (unpaired) electrons. The van der Waals surface area contributed by atoms with Crippen LogP contribution in [0.2, 0.25) is 0 Å². The first-order chi connectivity index (χ1) is 13.8. The Balaban J connectivity index is 1.41. The quantitative estimate of drug-likeness (QED) is 0.829. The van der Waals surface area contributed by atoms with Crippen LogP contribution in [0.5, 0.6) is 0 Å². The molecule has 0 bridgehead atoms. The van der Waals surface area contributed by atoms with E-state index in [1.807, 2.05) is 35.2 Å². The summed E-state index contributed by atoms with van der Waals surface area (Å²) in [5.41, 5.74) is 4.08. The standard InChI is InChI=1S/C23H26N4O/c24-17-20-8-2-3-10-21(20)26-13-6-12-25(15-16-26)18-23(28)27-14-5-9-19-7-1-4-11-22(19)27/h1-4,7-8,10-11H,5-6,9,12-16,18H2. The summed E-state index contributed by atoms with van der Waals surface area (Å²) in [4.78, 5) is 19.5. The third kappa shape index (κ3) is 3.88. The summed E-state index contributed by atoms with van der Waals surface area (Å²) in [5.74, 6) is 0.193. The SMILES string of the molecule is N#Cc1ccccc1N1CCCN(CC(=O)N2CCCc3ccccc32)CC1. The molecule has 2 heterocycles. The number of hydrogen-bond acceptors (Lipinski definition) is 4. The molecule has 28 heavy (non-hydrogen) atoms. The predicted molar refractivity (Wildman–Crippen MR) is 112 cm³/mol. The second-order valence-corrected chi connectivity index (χ2v) is 7.52. The van der Waals surface area contributed by atoms with Crippen LogP contribution >= 0.6 is 0 Å². The maximum absolute atomic E-state index is 13.0. The van der Waals surface area contributed by atoms with E-state index in [9.17, 15) is 10.1 Å². The molecule has 0 N–H and O–H groups in total. The van der Waals surface area contributed by atoms with Gasteiger partial charge in [0.1, 0.15) is 6.07 Å². The minimum absolute atomic E-state index is 0.193. The molecule has 0 unspecified atom stereocenters. The molecule has 2 aliphatic heterocycles. The summed E-state index contributed by atoms with van der Waals surface area (Å²) in [6, 6.07) is 18.3. The lowest BCUT2D eigenvalue weighted by molar-refractivity contribution is -0.119. The van der Waals surface area contributed by atoms with Gasteiger partial charge in [0.2, 0.25) is 5.91 Å². The fourth-order valence-electron chi connectivity index (χ4n) is 4.28. The first-order valence-corrected chi connectivity index (χ1v) is 10.1. The Bertz CT molecular complexity index is 888. The summed E-state index contributed by atoms with van der Waals surface area (Å²) in [7, 11) is 0. The van der Waals surface area contributed by atoms with E-state index in [0.717, 1.165) is 68.9 Å². The number of rotatable bonds is 3. The monoisotopic (exact) mass is 374 g/mol. The molecule has 0 aromatic heterocycles. The summed E-state index contributed by atoms with van der Waals surface area (Å²) < 4.78 is 0. The minimum Gasteiger partial charge on any atom is -0.369 e. The zero-order chi connectivity index (χ0) is 19.3. The van der Waals surface area contributed by atoms with E-state index in [-0.39, 0.29) is 5.91 Å². The molecule has 2 aromatic carbocycles. The van der Waals surface area contributed by atoms with E-state index in [1.54, 1.807) is 0 Å². The Kier molecular flexibility index (Phi) is 5.59. The second kappa shape index (κ2) is 8.45. The van der Waals surface area contributed by atoms with Gasteiger partial charge in [0.15, 0.2) is 0 Å². The molecule has 0 atom stereocenters. The highest BCUT2D eigenvalue weighted by atomic mass is 16.2. The molecule has 4 rings (SSSR count). The number of aryl methyl sites for hydroxylation is 1. The number of nitriles is 1. The number of para-hydroxylation sites is 2. The fourth-order valence-corrected chi connectivity index (χ4v) is 4.28. The highest BCUT2D eigenvalue weighted by molar-refractivity contribution is 5.96. The highest BCUT2D eigenvalue weighted by Gasteiger charge is 2.25. The van der Waals surface area contributed by atoms with E-state index < -0.39 is 0 Å². The number of benzene rings is 2. The smallest absolute Gasteiger partial charge is 0.241 e. The van der Waals surface area contributed by atoms with Crippen molar-refractivity contribution in [2.24, 2.45) is 0 Å². The van der Waals surface area contributed by atoms with E-state index in [2.05, 4.69) is 34.1 Å². The van der Waals surface area contributed by atoms with Crippen molar-refractivity contribution in [2.45, 2.75) is 19.3 Å². The maximum atomic E-state index is 13.0. The van der Waals surface area contributed by atoms with E-state index in [4.69, 9.17) is 0 Å². The molecule has 1 fully saturated rings. The molecule has 1 saturated heterocycles. The fraction of sp³-hybridized carbons (Fsp3) is 0.391. The van der Waals surface area contributed by atoms with Crippen LogP contribution in [-0.2, 0) is 11.2 Å². The summed E-state index contributed by atoms with van der Waals surface area (Å²) in [5, 5.41) is 9.38. The van der Waals surface area contributed by atoms with Crippen molar-refractivity contribution in [2.75, 3.05) is 49.1 Å². The summed E-state index contributed by atoms with van der Waals surface area (Å²) in [6.45, 7) is 4.76. The number of anilines is 2. The first-order valence-electron chi connectivity index (χ1n) is 10.1. The second-order valence-electron chi connectivity index (χ2n) is 7.52. The van der Waals surface area contributed by atoms with Gasteiger partial charge in [-0.05, 0) is 43.0 Å².